The zero-order chi connectivity index (χ0) is 20.8. The van der Waals surface area contributed by atoms with Crippen LogP contribution < -0.4 is 14.8 Å². The van der Waals surface area contributed by atoms with Gasteiger partial charge in [-0.25, -0.2) is 0 Å². The van der Waals surface area contributed by atoms with E-state index in [0.717, 1.165) is 11.1 Å². The lowest BCUT2D eigenvalue weighted by Crippen LogP contribution is -2.19. The summed E-state index contributed by atoms with van der Waals surface area (Å²) in [5.74, 6) is 1.52. The van der Waals surface area contributed by atoms with Gasteiger partial charge in [0.25, 0.3) is 5.91 Å². The molecule has 0 radical (unpaired) electrons. The van der Waals surface area contributed by atoms with Crippen LogP contribution in [0.3, 0.4) is 0 Å². The summed E-state index contributed by atoms with van der Waals surface area (Å²) in [6.07, 6.45) is 3.44. The standard InChI is InChI=1S/C22H23N3O3S/c1-14(2)17-8-5-15(6-9-17)13-23-25-22-24-21(26)20(29-22)12-16-7-10-18(27-3)19(11-16)28-4/h5-14H,1-4H3,(H,24,25,26)/b20-12-,23-13+. The largest absolute Gasteiger partial charge is 0.493 e. The van der Waals surface area contributed by atoms with E-state index >= 15 is 0 Å². The third-order valence-electron chi connectivity index (χ3n) is 4.31. The van der Waals surface area contributed by atoms with Crippen LogP contribution >= 0.6 is 11.8 Å². The lowest BCUT2D eigenvalue weighted by Gasteiger charge is -2.07. The topological polar surface area (TPSA) is 72.3 Å². The van der Waals surface area contributed by atoms with Crippen LogP contribution in [0, 0.1) is 0 Å². The van der Waals surface area contributed by atoms with E-state index in [2.05, 4.69) is 41.5 Å². The number of ether oxygens (including phenoxy) is 2. The van der Waals surface area contributed by atoms with E-state index in [1.165, 1.54) is 17.3 Å². The summed E-state index contributed by atoms with van der Waals surface area (Å²) in [5.41, 5.74) is 3.06. The second kappa shape index (κ2) is 9.43. The Hall–Kier alpha value is -3.06. The molecule has 0 unspecified atom stereocenters. The highest BCUT2D eigenvalue weighted by molar-refractivity contribution is 8.18. The first-order valence-electron chi connectivity index (χ1n) is 9.14. The minimum Gasteiger partial charge on any atom is -0.493 e. The Morgan fingerprint density at radius 2 is 1.69 bits per heavy atom. The maximum absolute atomic E-state index is 12.2. The molecule has 1 saturated heterocycles. The molecule has 0 aromatic heterocycles. The van der Waals surface area contributed by atoms with Crippen LogP contribution in [0.1, 0.15) is 36.5 Å². The fourth-order valence-corrected chi connectivity index (χ4v) is 3.46. The molecule has 6 nitrogen and oxygen atoms in total. The second-order valence-electron chi connectivity index (χ2n) is 6.65. The lowest BCUT2D eigenvalue weighted by molar-refractivity contribution is -0.115. The first-order chi connectivity index (χ1) is 14.0. The van der Waals surface area contributed by atoms with Gasteiger partial charge < -0.3 is 9.47 Å². The molecule has 0 saturated carbocycles. The highest BCUT2D eigenvalue weighted by atomic mass is 32.2. The number of amides is 1. The molecule has 0 spiro atoms. The quantitative estimate of drug-likeness (QED) is 0.435. The Balaban J connectivity index is 1.70. The van der Waals surface area contributed by atoms with Crippen molar-refractivity contribution in [1.82, 2.24) is 5.32 Å². The number of hydrogen-bond donors (Lipinski definition) is 1. The van der Waals surface area contributed by atoms with Crippen molar-refractivity contribution in [3.8, 4) is 11.5 Å². The zero-order valence-electron chi connectivity index (χ0n) is 16.8. The van der Waals surface area contributed by atoms with Crippen LogP contribution in [-0.4, -0.2) is 31.5 Å². The number of rotatable bonds is 6. The highest BCUT2D eigenvalue weighted by Crippen LogP contribution is 2.31. The van der Waals surface area contributed by atoms with E-state index in [4.69, 9.17) is 9.47 Å². The molecule has 1 aliphatic rings. The monoisotopic (exact) mass is 409 g/mol. The molecule has 1 aliphatic heterocycles. The minimum atomic E-state index is -0.208. The summed E-state index contributed by atoms with van der Waals surface area (Å²) >= 11 is 1.24. The maximum Gasteiger partial charge on any atom is 0.264 e. The molecule has 150 valence electrons. The van der Waals surface area contributed by atoms with E-state index in [-0.39, 0.29) is 5.91 Å². The van der Waals surface area contributed by atoms with Crippen molar-refractivity contribution in [1.29, 1.82) is 0 Å². The van der Waals surface area contributed by atoms with Gasteiger partial charge in [-0.05, 0) is 52.6 Å². The van der Waals surface area contributed by atoms with E-state index < -0.39 is 0 Å². The predicted octanol–water partition coefficient (Wildman–Crippen LogP) is 4.42. The van der Waals surface area contributed by atoms with Gasteiger partial charge in [-0.2, -0.15) is 5.10 Å². The zero-order valence-corrected chi connectivity index (χ0v) is 17.6. The first-order valence-corrected chi connectivity index (χ1v) is 9.95. The summed E-state index contributed by atoms with van der Waals surface area (Å²) in [6, 6.07) is 13.6. The molecular weight excluding hydrogens is 386 g/mol. The number of hydrogen-bond acceptors (Lipinski definition) is 6. The molecule has 2 aromatic carbocycles. The molecule has 0 bridgehead atoms. The molecule has 2 aromatic rings. The molecule has 1 fully saturated rings. The maximum atomic E-state index is 12.2. The number of nitrogens with zero attached hydrogens (tertiary/aromatic N) is 2. The molecular formula is C22H23N3O3S. The molecule has 1 N–H and O–H groups in total. The van der Waals surface area contributed by atoms with E-state index in [0.29, 0.717) is 27.5 Å². The van der Waals surface area contributed by atoms with Crippen LogP contribution in [0.2, 0.25) is 0 Å². The Kier molecular flexibility index (Phi) is 6.72. The number of carbonyl (C=O) groups excluding carboxylic acids is 1. The Labute approximate surface area is 174 Å². The van der Waals surface area contributed by atoms with Crippen molar-refractivity contribution in [2.24, 2.45) is 10.2 Å². The number of carbonyl (C=O) groups is 1. The number of thioether (sulfide) groups is 1. The summed E-state index contributed by atoms with van der Waals surface area (Å²) in [5, 5.41) is 11.4. The van der Waals surface area contributed by atoms with Crippen LogP contribution in [0.25, 0.3) is 6.08 Å². The van der Waals surface area contributed by atoms with Gasteiger partial charge in [-0.3, -0.25) is 10.1 Å². The molecule has 1 amide bonds. The van der Waals surface area contributed by atoms with Gasteiger partial charge in [-0.1, -0.05) is 44.2 Å². The van der Waals surface area contributed by atoms with E-state index in [1.54, 1.807) is 32.6 Å². The summed E-state index contributed by atoms with van der Waals surface area (Å²) in [7, 11) is 3.16. The van der Waals surface area contributed by atoms with Crippen LogP contribution in [0.5, 0.6) is 11.5 Å². The predicted molar refractivity (Wildman–Crippen MR) is 119 cm³/mol. The third kappa shape index (κ3) is 5.26. The van der Waals surface area contributed by atoms with Crippen LogP contribution in [0.4, 0.5) is 0 Å². The Morgan fingerprint density at radius 3 is 2.34 bits per heavy atom. The average Bonchev–Trinajstić information content (AvgIpc) is 3.07. The molecule has 7 heteroatoms. The molecule has 0 aliphatic carbocycles. The van der Waals surface area contributed by atoms with Crippen molar-refractivity contribution in [3.63, 3.8) is 0 Å². The fraction of sp³-hybridized carbons (Fsp3) is 0.227. The van der Waals surface area contributed by atoms with E-state index in [1.807, 2.05) is 24.3 Å². The Bertz CT molecular complexity index is 979. The van der Waals surface area contributed by atoms with Gasteiger partial charge in [0.2, 0.25) is 0 Å². The van der Waals surface area contributed by atoms with Crippen molar-refractivity contribution in [3.05, 3.63) is 64.1 Å². The van der Waals surface area contributed by atoms with Gasteiger partial charge >= 0.3 is 0 Å². The minimum absolute atomic E-state index is 0.208. The molecule has 3 rings (SSSR count). The summed E-state index contributed by atoms with van der Waals surface area (Å²) < 4.78 is 10.5. The van der Waals surface area contributed by atoms with Crippen molar-refractivity contribution < 1.29 is 14.3 Å². The van der Waals surface area contributed by atoms with Crippen LogP contribution in [0.15, 0.2) is 57.6 Å². The lowest BCUT2D eigenvalue weighted by atomic mass is 10.0. The van der Waals surface area contributed by atoms with Gasteiger partial charge in [0, 0.05) is 0 Å². The van der Waals surface area contributed by atoms with Crippen LogP contribution in [-0.2, 0) is 4.79 Å². The van der Waals surface area contributed by atoms with E-state index in [9.17, 15) is 4.79 Å². The Morgan fingerprint density at radius 1 is 1.00 bits per heavy atom. The van der Waals surface area contributed by atoms with Crippen molar-refractivity contribution in [2.45, 2.75) is 19.8 Å². The average molecular weight is 410 g/mol. The van der Waals surface area contributed by atoms with Crippen molar-refractivity contribution in [2.75, 3.05) is 14.2 Å². The SMILES string of the molecule is COc1ccc(/C=C2\S/C(=N\N=C\c3ccc(C(C)C)cc3)NC2=O)cc1OC. The van der Waals surface area contributed by atoms with Gasteiger partial charge in [-0.15, -0.1) is 5.10 Å². The van der Waals surface area contributed by atoms with Crippen molar-refractivity contribution >= 4 is 35.1 Å². The molecule has 0 atom stereocenters. The highest BCUT2D eigenvalue weighted by Gasteiger charge is 2.24. The van der Waals surface area contributed by atoms with Gasteiger partial charge in [0.15, 0.2) is 16.7 Å². The third-order valence-corrected chi connectivity index (χ3v) is 5.21. The number of benzene rings is 2. The van der Waals surface area contributed by atoms with Gasteiger partial charge in [0.1, 0.15) is 0 Å². The molecule has 1 heterocycles. The summed E-state index contributed by atoms with van der Waals surface area (Å²) in [4.78, 5) is 12.7. The number of methoxy groups -OCH3 is 2. The normalized spacial score (nSPS) is 16.8. The molecule has 29 heavy (non-hydrogen) atoms. The first kappa shape index (κ1) is 20.7. The number of amidine groups is 1. The smallest absolute Gasteiger partial charge is 0.264 e. The summed E-state index contributed by atoms with van der Waals surface area (Å²) in [6.45, 7) is 4.31. The number of nitrogens with one attached hydrogen (secondary N) is 1. The van der Waals surface area contributed by atoms with Gasteiger partial charge in [0.05, 0.1) is 25.3 Å². The fourth-order valence-electron chi connectivity index (χ4n) is 2.68. The second-order valence-corrected chi connectivity index (χ2v) is 7.68.